The molecule has 1 atom stereocenters. The third-order valence-electron chi connectivity index (χ3n) is 3.80. The molecule has 0 saturated heterocycles. The van der Waals surface area contributed by atoms with Gasteiger partial charge in [-0.2, -0.15) is 9.61 Å². The number of nitrogens with zero attached hydrogens (tertiary/aromatic N) is 3. The summed E-state index contributed by atoms with van der Waals surface area (Å²) in [7, 11) is 0. The van der Waals surface area contributed by atoms with E-state index in [0.717, 1.165) is 30.6 Å². The van der Waals surface area contributed by atoms with Crippen molar-refractivity contribution >= 4 is 5.65 Å². The average molecular weight is 247 g/mol. The molecule has 0 spiro atoms. The fourth-order valence-electron chi connectivity index (χ4n) is 2.75. The largest absolute Gasteiger partial charge is 0.493 e. The molecule has 0 bridgehead atoms. The fraction of sp³-hybridized carbons (Fsp3) is 0.571. The van der Waals surface area contributed by atoms with Gasteiger partial charge >= 0.3 is 0 Å². The molecule has 18 heavy (non-hydrogen) atoms. The van der Waals surface area contributed by atoms with Gasteiger partial charge in [-0.3, -0.25) is 0 Å². The molecule has 0 amide bonds. The molecule has 0 radical (unpaired) electrons. The second-order valence-electron chi connectivity index (χ2n) is 4.73. The molecule has 1 N–H and O–H groups in total. The normalized spacial score (nSPS) is 13.3. The lowest BCUT2D eigenvalue weighted by atomic mass is 9.83. The molecule has 1 unspecified atom stereocenters. The van der Waals surface area contributed by atoms with E-state index in [-0.39, 0.29) is 5.88 Å². The molecule has 2 aromatic rings. The Kier molecular flexibility index (Phi) is 3.84. The monoisotopic (exact) mass is 247 g/mol. The summed E-state index contributed by atoms with van der Waals surface area (Å²) in [6, 6.07) is 3.58. The van der Waals surface area contributed by atoms with Gasteiger partial charge in [0.05, 0.1) is 11.9 Å². The zero-order chi connectivity index (χ0) is 13.1. The molecule has 0 aromatic carbocycles. The van der Waals surface area contributed by atoms with E-state index in [2.05, 4.69) is 30.9 Å². The SMILES string of the molecule is CCC(CC)C(CC)c1cc(O)n2nccc2n1. The maximum absolute atomic E-state index is 9.97. The molecule has 0 aliphatic carbocycles. The summed E-state index contributed by atoms with van der Waals surface area (Å²) in [6.45, 7) is 6.62. The first-order valence-electron chi connectivity index (χ1n) is 6.74. The number of rotatable bonds is 5. The molecular weight excluding hydrogens is 226 g/mol. The van der Waals surface area contributed by atoms with E-state index in [1.165, 1.54) is 4.52 Å². The minimum Gasteiger partial charge on any atom is -0.493 e. The lowest BCUT2D eigenvalue weighted by molar-refractivity contribution is 0.377. The van der Waals surface area contributed by atoms with Gasteiger partial charge in [-0.25, -0.2) is 4.98 Å². The third-order valence-corrected chi connectivity index (χ3v) is 3.80. The van der Waals surface area contributed by atoms with E-state index in [1.807, 2.05) is 6.07 Å². The summed E-state index contributed by atoms with van der Waals surface area (Å²) in [5, 5.41) is 14.0. The zero-order valence-electron chi connectivity index (χ0n) is 11.3. The van der Waals surface area contributed by atoms with Crippen molar-refractivity contribution in [1.82, 2.24) is 14.6 Å². The highest BCUT2D eigenvalue weighted by molar-refractivity contribution is 5.41. The van der Waals surface area contributed by atoms with Crippen LogP contribution < -0.4 is 0 Å². The number of aromatic nitrogens is 3. The molecule has 98 valence electrons. The van der Waals surface area contributed by atoms with Crippen molar-refractivity contribution in [3.05, 3.63) is 24.0 Å². The Morgan fingerprint density at radius 3 is 2.56 bits per heavy atom. The van der Waals surface area contributed by atoms with Crippen molar-refractivity contribution in [3.63, 3.8) is 0 Å². The Labute approximate surface area is 108 Å². The van der Waals surface area contributed by atoms with Crippen molar-refractivity contribution in [3.8, 4) is 5.88 Å². The Bertz CT molecular complexity index is 517. The summed E-state index contributed by atoms with van der Waals surface area (Å²) in [5.41, 5.74) is 1.70. The van der Waals surface area contributed by atoms with Gasteiger partial charge in [0.2, 0.25) is 5.88 Å². The summed E-state index contributed by atoms with van der Waals surface area (Å²) >= 11 is 0. The first kappa shape index (κ1) is 12.9. The van der Waals surface area contributed by atoms with Crippen LogP contribution in [0.15, 0.2) is 18.3 Å². The lowest BCUT2D eigenvalue weighted by Crippen LogP contribution is -2.13. The van der Waals surface area contributed by atoms with E-state index < -0.39 is 0 Å². The Balaban J connectivity index is 2.44. The van der Waals surface area contributed by atoms with Crippen LogP contribution in [-0.2, 0) is 0 Å². The average Bonchev–Trinajstić information content (AvgIpc) is 2.84. The summed E-state index contributed by atoms with van der Waals surface area (Å²) in [4.78, 5) is 4.62. The van der Waals surface area contributed by atoms with Gasteiger partial charge < -0.3 is 5.11 Å². The smallest absolute Gasteiger partial charge is 0.215 e. The van der Waals surface area contributed by atoms with Crippen LogP contribution in [0.5, 0.6) is 5.88 Å². The zero-order valence-corrected chi connectivity index (χ0v) is 11.3. The second kappa shape index (κ2) is 5.38. The molecular formula is C14H21N3O. The first-order chi connectivity index (χ1) is 8.71. The Morgan fingerprint density at radius 1 is 1.22 bits per heavy atom. The van der Waals surface area contributed by atoms with Crippen LogP contribution in [0.1, 0.15) is 51.6 Å². The fourth-order valence-corrected chi connectivity index (χ4v) is 2.75. The van der Waals surface area contributed by atoms with Crippen LogP contribution in [0, 0.1) is 5.92 Å². The van der Waals surface area contributed by atoms with Crippen molar-refractivity contribution < 1.29 is 5.11 Å². The van der Waals surface area contributed by atoms with E-state index in [1.54, 1.807) is 12.3 Å². The second-order valence-corrected chi connectivity index (χ2v) is 4.73. The standard InChI is InChI=1S/C14H21N3O/c1-4-10(5-2)11(6-3)12-9-14(18)17-13(16-12)7-8-15-17/h7-11,18H,4-6H2,1-3H3. The highest BCUT2D eigenvalue weighted by Crippen LogP contribution is 2.32. The molecule has 4 nitrogen and oxygen atoms in total. The minimum absolute atomic E-state index is 0.171. The van der Waals surface area contributed by atoms with Gasteiger partial charge in [-0.15, -0.1) is 0 Å². The van der Waals surface area contributed by atoms with E-state index >= 15 is 0 Å². The van der Waals surface area contributed by atoms with Crippen LogP contribution in [0.3, 0.4) is 0 Å². The van der Waals surface area contributed by atoms with Gasteiger partial charge in [0.15, 0.2) is 5.65 Å². The molecule has 2 heterocycles. The molecule has 0 aliphatic rings. The minimum atomic E-state index is 0.171. The van der Waals surface area contributed by atoms with Gasteiger partial charge in [0, 0.05) is 18.1 Å². The van der Waals surface area contributed by atoms with Crippen LogP contribution in [0.2, 0.25) is 0 Å². The van der Waals surface area contributed by atoms with Crippen LogP contribution in [-0.4, -0.2) is 19.7 Å². The predicted octanol–water partition coefficient (Wildman–Crippen LogP) is 3.36. The maximum atomic E-state index is 9.97. The van der Waals surface area contributed by atoms with Gasteiger partial charge in [-0.1, -0.05) is 33.6 Å². The van der Waals surface area contributed by atoms with E-state index in [0.29, 0.717) is 11.8 Å². The number of hydrogen-bond donors (Lipinski definition) is 1. The summed E-state index contributed by atoms with van der Waals surface area (Å²) in [5.74, 6) is 1.20. The maximum Gasteiger partial charge on any atom is 0.215 e. The summed E-state index contributed by atoms with van der Waals surface area (Å²) < 4.78 is 1.46. The topological polar surface area (TPSA) is 50.4 Å². The molecule has 0 aliphatic heterocycles. The Hall–Kier alpha value is -1.58. The van der Waals surface area contributed by atoms with E-state index in [9.17, 15) is 5.11 Å². The van der Waals surface area contributed by atoms with Crippen LogP contribution in [0.25, 0.3) is 5.65 Å². The molecule has 2 aromatic heterocycles. The molecule has 2 rings (SSSR count). The van der Waals surface area contributed by atoms with Crippen LogP contribution >= 0.6 is 0 Å². The molecule has 0 fully saturated rings. The van der Waals surface area contributed by atoms with Crippen molar-refractivity contribution in [2.45, 2.75) is 46.0 Å². The molecule has 4 heteroatoms. The van der Waals surface area contributed by atoms with Gasteiger partial charge in [0.1, 0.15) is 0 Å². The highest BCUT2D eigenvalue weighted by atomic mass is 16.3. The highest BCUT2D eigenvalue weighted by Gasteiger charge is 2.21. The summed E-state index contributed by atoms with van der Waals surface area (Å²) in [6.07, 6.45) is 4.98. The van der Waals surface area contributed by atoms with Crippen molar-refractivity contribution in [2.75, 3.05) is 0 Å². The Morgan fingerprint density at radius 2 is 1.94 bits per heavy atom. The van der Waals surface area contributed by atoms with Crippen molar-refractivity contribution in [1.29, 1.82) is 0 Å². The molecule has 0 saturated carbocycles. The number of hydrogen-bond acceptors (Lipinski definition) is 3. The van der Waals surface area contributed by atoms with Gasteiger partial charge in [-0.05, 0) is 12.3 Å². The third kappa shape index (κ3) is 2.19. The quantitative estimate of drug-likeness (QED) is 0.881. The number of fused-ring (bicyclic) bond motifs is 1. The van der Waals surface area contributed by atoms with Crippen LogP contribution in [0.4, 0.5) is 0 Å². The van der Waals surface area contributed by atoms with Gasteiger partial charge in [0.25, 0.3) is 0 Å². The van der Waals surface area contributed by atoms with E-state index in [4.69, 9.17) is 0 Å². The lowest BCUT2D eigenvalue weighted by Gasteiger charge is -2.23. The van der Waals surface area contributed by atoms with Crippen molar-refractivity contribution in [2.24, 2.45) is 5.92 Å². The predicted molar refractivity (Wildman–Crippen MR) is 71.8 cm³/mol. The first-order valence-corrected chi connectivity index (χ1v) is 6.74. The number of aromatic hydroxyl groups is 1.